The topological polar surface area (TPSA) is 0 Å². The number of rotatable bonds is 11. The van der Waals surface area contributed by atoms with Gasteiger partial charge in [-0.05, 0) is 0 Å². The van der Waals surface area contributed by atoms with E-state index >= 15 is 0 Å². The van der Waals surface area contributed by atoms with Gasteiger partial charge in [-0.25, -0.2) is 0 Å². The van der Waals surface area contributed by atoms with E-state index in [9.17, 15) is 0 Å². The molecular formula is C14H32SSn. The molecule has 0 aliphatic heterocycles. The van der Waals surface area contributed by atoms with Crippen LogP contribution in [0.1, 0.15) is 66.2 Å². The molecule has 0 aromatic carbocycles. The van der Waals surface area contributed by atoms with Crippen LogP contribution in [0.4, 0.5) is 0 Å². The minimum absolute atomic E-state index is 1.38. The summed E-state index contributed by atoms with van der Waals surface area (Å²) in [5.74, 6) is 1.38. The van der Waals surface area contributed by atoms with E-state index in [2.05, 4.69) is 36.6 Å². The molecule has 0 radical (unpaired) electrons. The summed E-state index contributed by atoms with van der Waals surface area (Å²) < 4.78 is 4.97. The molecule has 2 heteroatoms. The first-order valence-electron chi connectivity index (χ1n) is 7.38. The first kappa shape index (κ1) is 17.1. The van der Waals surface area contributed by atoms with Gasteiger partial charge in [0.25, 0.3) is 0 Å². The normalized spacial score (nSPS) is 12.0. The van der Waals surface area contributed by atoms with Crippen molar-refractivity contribution >= 4 is 25.9 Å². The average Bonchev–Trinajstić information content (AvgIpc) is 2.31. The second-order valence-electron chi connectivity index (χ2n) is 4.93. The summed E-state index contributed by atoms with van der Waals surface area (Å²) in [6.07, 6.45) is 8.74. The van der Waals surface area contributed by atoms with Gasteiger partial charge in [0, 0.05) is 0 Å². The van der Waals surface area contributed by atoms with Crippen molar-refractivity contribution in [3.63, 3.8) is 0 Å². The summed E-state index contributed by atoms with van der Waals surface area (Å²) in [7, 11) is 2.45. The summed E-state index contributed by atoms with van der Waals surface area (Å²) in [6, 6.07) is 0. The molecule has 0 aliphatic rings. The molecule has 0 amide bonds. The third-order valence-electron chi connectivity index (χ3n) is 3.41. The SMILES string of the molecule is CCC[CH2][Sn]([CH2]CCC)([CH2]CCC)[S]CC. The van der Waals surface area contributed by atoms with Crippen molar-refractivity contribution in [2.45, 2.75) is 79.5 Å². The van der Waals surface area contributed by atoms with Gasteiger partial charge in [-0.1, -0.05) is 0 Å². The Labute approximate surface area is 111 Å². The fourth-order valence-corrected chi connectivity index (χ4v) is 26.0. The first-order valence-corrected chi connectivity index (χ1v) is 17.9. The van der Waals surface area contributed by atoms with Crippen LogP contribution in [0.3, 0.4) is 0 Å². The maximum atomic E-state index is 2.45. The molecule has 98 valence electrons. The van der Waals surface area contributed by atoms with E-state index in [0.717, 1.165) is 0 Å². The molecule has 0 atom stereocenters. The van der Waals surface area contributed by atoms with E-state index in [0.29, 0.717) is 0 Å². The standard InChI is InChI=1S/3C4H9.C2H6S.Sn/c3*1-3-4-2;1-2-3;/h3*1,3-4H2,2H3;3H,2H2,1H3;/q;;;;+1/p-1. The molecule has 0 bridgehead atoms. The Morgan fingerprint density at radius 2 is 1.06 bits per heavy atom. The third-order valence-corrected chi connectivity index (χ3v) is 27.0. The quantitative estimate of drug-likeness (QED) is 0.406. The number of unbranched alkanes of at least 4 members (excludes halogenated alkanes) is 3. The van der Waals surface area contributed by atoms with Crippen molar-refractivity contribution in [3.05, 3.63) is 0 Å². The molecule has 0 unspecified atom stereocenters. The van der Waals surface area contributed by atoms with Gasteiger partial charge in [-0.15, -0.1) is 0 Å². The van der Waals surface area contributed by atoms with E-state index < -0.39 is 17.0 Å². The van der Waals surface area contributed by atoms with Gasteiger partial charge in [0.1, 0.15) is 0 Å². The van der Waals surface area contributed by atoms with Gasteiger partial charge in [-0.2, -0.15) is 0 Å². The Bertz CT molecular complexity index is 126. The van der Waals surface area contributed by atoms with E-state index in [4.69, 9.17) is 0 Å². The van der Waals surface area contributed by atoms with E-state index in [1.807, 2.05) is 0 Å². The minimum atomic E-state index is -1.74. The zero-order chi connectivity index (χ0) is 12.3. The Balaban J connectivity index is 4.32. The molecular weight excluding hydrogens is 319 g/mol. The second-order valence-corrected chi connectivity index (χ2v) is 25.1. The molecule has 0 N–H and O–H groups in total. The zero-order valence-corrected chi connectivity index (χ0v) is 15.6. The van der Waals surface area contributed by atoms with Gasteiger partial charge in [0.05, 0.1) is 0 Å². The van der Waals surface area contributed by atoms with E-state index in [1.54, 1.807) is 13.3 Å². The van der Waals surface area contributed by atoms with Crippen molar-refractivity contribution in [1.82, 2.24) is 0 Å². The zero-order valence-electron chi connectivity index (χ0n) is 12.0. The Morgan fingerprint density at radius 3 is 1.31 bits per heavy atom. The van der Waals surface area contributed by atoms with Crippen LogP contribution >= 0.6 is 8.95 Å². The van der Waals surface area contributed by atoms with Gasteiger partial charge in [0.15, 0.2) is 0 Å². The second kappa shape index (κ2) is 11.3. The van der Waals surface area contributed by atoms with Gasteiger partial charge >= 0.3 is 111 Å². The molecule has 16 heavy (non-hydrogen) atoms. The van der Waals surface area contributed by atoms with Crippen molar-refractivity contribution in [2.24, 2.45) is 0 Å². The molecule has 0 rings (SSSR count). The fraction of sp³-hybridized carbons (Fsp3) is 1.00. The fourth-order valence-electron chi connectivity index (χ4n) is 2.39. The van der Waals surface area contributed by atoms with Gasteiger partial charge in [0.2, 0.25) is 0 Å². The van der Waals surface area contributed by atoms with E-state index in [-0.39, 0.29) is 0 Å². The monoisotopic (exact) mass is 352 g/mol. The average molecular weight is 351 g/mol. The van der Waals surface area contributed by atoms with Gasteiger partial charge < -0.3 is 0 Å². The third kappa shape index (κ3) is 7.47. The summed E-state index contributed by atoms with van der Waals surface area (Å²) in [5.41, 5.74) is 0. The van der Waals surface area contributed by atoms with Crippen LogP contribution in [-0.2, 0) is 0 Å². The Hall–Kier alpha value is 1.15. The van der Waals surface area contributed by atoms with Crippen LogP contribution < -0.4 is 0 Å². The Morgan fingerprint density at radius 1 is 0.688 bits per heavy atom. The molecule has 0 saturated heterocycles. The predicted molar refractivity (Wildman–Crippen MR) is 83.0 cm³/mol. The van der Waals surface area contributed by atoms with Crippen molar-refractivity contribution < 1.29 is 0 Å². The van der Waals surface area contributed by atoms with Crippen LogP contribution in [-0.4, -0.2) is 22.7 Å². The molecule has 0 heterocycles. The summed E-state index contributed by atoms with van der Waals surface area (Å²) >= 11 is -1.74. The van der Waals surface area contributed by atoms with Crippen molar-refractivity contribution in [1.29, 1.82) is 0 Å². The van der Waals surface area contributed by atoms with Gasteiger partial charge in [-0.3, -0.25) is 0 Å². The van der Waals surface area contributed by atoms with Crippen LogP contribution in [0.15, 0.2) is 0 Å². The first-order chi connectivity index (χ1) is 7.74. The molecule has 0 aromatic heterocycles. The number of hydrogen-bond donors (Lipinski definition) is 0. The van der Waals surface area contributed by atoms with Crippen LogP contribution in [0.5, 0.6) is 0 Å². The predicted octanol–water partition coefficient (Wildman–Crippen LogP) is 6.09. The molecule has 0 nitrogen and oxygen atoms in total. The molecule has 0 spiro atoms. The molecule has 0 fully saturated rings. The molecule has 0 aromatic rings. The Kier molecular flexibility index (Phi) is 12.1. The van der Waals surface area contributed by atoms with Crippen LogP contribution in [0, 0.1) is 0 Å². The van der Waals surface area contributed by atoms with Crippen LogP contribution in [0.25, 0.3) is 0 Å². The molecule has 0 saturated carbocycles. The van der Waals surface area contributed by atoms with Crippen molar-refractivity contribution in [3.8, 4) is 0 Å². The summed E-state index contributed by atoms with van der Waals surface area (Å²) in [5, 5.41) is 0. The maximum absolute atomic E-state index is 2.45. The summed E-state index contributed by atoms with van der Waals surface area (Å²) in [6.45, 7) is 9.44. The van der Waals surface area contributed by atoms with E-state index in [1.165, 1.54) is 44.3 Å². The van der Waals surface area contributed by atoms with Crippen molar-refractivity contribution in [2.75, 3.05) is 5.75 Å². The summed E-state index contributed by atoms with van der Waals surface area (Å²) in [4.78, 5) is 0. The number of hydrogen-bond acceptors (Lipinski definition) is 1. The van der Waals surface area contributed by atoms with Crippen LogP contribution in [0.2, 0.25) is 13.3 Å². The molecule has 0 aliphatic carbocycles.